The van der Waals surface area contributed by atoms with Crippen LogP contribution in [-0.4, -0.2) is 23.0 Å². The Bertz CT molecular complexity index is 731. The Kier molecular flexibility index (Phi) is 2.52. The summed E-state index contributed by atoms with van der Waals surface area (Å²) in [5, 5.41) is 14.0. The number of para-hydroxylation sites is 1. The molecule has 2 aliphatic heterocycles. The Morgan fingerprint density at radius 1 is 1.14 bits per heavy atom. The van der Waals surface area contributed by atoms with E-state index >= 15 is 0 Å². The van der Waals surface area contributed by atoms with Crippen LogP contribution in [0.1, 0.15) is 22.1 Å². The standard InChI is InChI=1S/C15H12N2O4/c18-15-10-3-1-2-4-11(10)16-14(17(15)19)9-5-6-12-13(7-9)21-8-20-12/h1-7,14,16,19H,8H2/t14-/m0/s1. The molecular formula is C15H12N2O4. The maximum Gasteiger partial charge on any atom is 0.281 e. The van der Waals surface area contributed by atoms with Crippen LogP contribution in [0.15, 0.2) is 42.5 Å². The third-order valence-electron chi connectivity index (χ3n) is 3.61. The summed E-state index contributed by atoms with van der Waals surface area (Å²) >= 11 is 0. The number of anilines is 1. The summed E-state index contributed by atoms with van der Waals surface area (Å²) in [5.41, 5.74) is 1.84. The lowest BCUT2D eigenvalue weighted by Crippen LogP contribution is -2.40. The van der Waals surface area contributed by atoms with Crippen LogP contribution in [0.25, 0.3) is 0 Å². The molecule has 2 heterocycles. The van der Waals surface area contributed by atoms with E-state index in [0.29, 0.717) is 33.4 Å². The molecule has 6 heteroatoms. The normalized spacial score (nSPS) is 19.2. The summed E-state index contributed by atoms with van der Waals surface area (Å²) in [5.74, 6) is 0.826. The predicted molar refractivity (Wildman–Crippen MR) is 73.3 cm³/mol. The number of nitrogens with one attached hydrogen (secondary N) is 1. The molecule has 6 nitrogen and oxygen atoms in total. The number of rotatable bonds is 1. The topological polar surface area (TPSA) is 71.0 Å². The van der Waals surface area contributed by atoms with Crippen molar-refractivity contribution < 1.29 is 19.5 Å². The lowest BCUT2D eigenvalue weighted by molar-refractivity contribution is -0.0851. The Labute approximate surface area is 120 Å². The highest BCUT2D eigenvalue weighted by Gasteiger charge is 2.32. The van der Waals surface area contributed by atoms with Crippen LogP contribution < -0.4 is 14.8 Å². The van der Waals surface area contributed by atoms with Gasteiger partial charge in [-0.3, -0.25) is 10.0 Å². The molecule has 2 aliphatic rings. The molecule has 2 aromatic carbocycles. The van der Waals surface area contributed by atoms with E-state index in [0.717, 1.165) is 0 Å². The molecule has 0 spiro atoms. The van der Waals surface area contributed by atoms with Gasteiger partial charge in [0.05, 0.1) is 5.56 Å². The molecule has 4 rings (SSSR count). The average molecular weight is 284 g/mol. The van der Waals surface area contributed by atoms with E-state index in [9.17, 15) is 10.0 Å². The van der Waals surface area contributed by atoms with Crippen molar-refractivity contribution in [1.82, 2.24) is 5.06 Å². The van der Waals surface area contributed by atoms with Crippen LogP contribution in [0.5, 0.6) is 11.5 Å². The molecule has 106 valence electrons. The maximum atomic E-state index is 12.2. The van der Waals surface area contributed by atoms with Crippen LogP contribution in [0.2, 0.25) is 0 Å². The number of fused-ring (bicyclic) bond motifs is 2. The minimum atomic E-state index is -0.665. The van der Waals surface area contributed by atoms with Gasteiger partial charge in [-0.25, -0.2) is 0 Å². The first-order valence-corrected chi connectivity index (χ1v) is 6.51. The van der Waals surface area contributed by atoms with E-state index in [1.807, 2.05) is 6.07 Å². The molecule has 0 saturated heterocycles. The van der Waals surface area contributed by atoms with Crippen molar-refractivity contribution >= 4 is 11.6 Å². The zero-order valence-corrected chi connectivity index (χ0v) is 10.9. The first kappa shape index (κ1) is 12.0. The van der Waals surface area contributed by atoms with Crippen molar-refractivity contribution in [1.29, 1.82) is 0 Å². The van der Waals surface area contributed by atoms with Crippen LogP contribution in [0.4, 0.5) is 5.69 Å². The zero-order valence-electron chi connectivity index (χ0n) is 10.9. The quantitative estimate of drug-likeness (QED) is 0.787. The fourth-order valence-corrected chi connectivity index (χ4v) is 2.55. The van der Waals surface area contributed by atoms with E-state index in [2.05, 4.69) is 5.32 Å². The Morgan fingerprint density at radius 2 is 1.95 bits per heavy atom. The smallest absolute Gasteiger partial charge is 0.281 e. The second-order valence-corrected chi connectivity index (χ2v) is 4.85. The van der Waals surface area contributed by atoms with Gasteiger partial charge in [-0.2, -0.15) is 5.06 Å². The molecule has 2 aromatic rings. The second-order valence-electron chi connectivity index (χ2n) is 4.85. The molecule has 0 fully saturated rings. The van der Waals surface area contributed by atoms with Gasteiger partial charge in [0.2, 0.25) is 6.79 Å². The van der Waals surface area contributed by atoms with Gasteiger partial charge in [0.25, 0.3) is 5.91 Å². The molecule has 0 unspecified atom stereocenters. The summed E-state index contributed by atoms with van der Waals surface area (Å²) < 4.78 is 10.6. The Morgan fingerprint density at radius 3 is 2.86 bits per heavy atom. The number of hydrogen-bond acceptors (Lipinski definition) is 5. The largest absolute Gasteiger partial charge is 0.454 e. The number of benzene rings is 2. The lowest BCUT2D eigenvalue weighted by Gasteiger charge is -2.33. The minimum absolute atomic E-state index is 0.182. The highest BCUT2D eigenvalue weighted by Crippen LogP contribution is 2.37. The molecule has 21 heavy (non-hydrogen) atoms. The number of hydrogen-bond donors (Lipinski definition) is 2. The summed E-state index contributed by atoms with van der Waals surface area (Å²) in [7, 11) is 0. The second kappa shape index (κ2) is 4.39. The van der Waals surface area contributed by atoms with Gasteiger partial charge in [-0.05, 0) is 24.3 Å². The van der Waals surface area contributed by atoms with Gasteiger partial charge in [-0.1, -0.05) is 18.2 Å². The third-order valence-corrected chi connectivity index (χ3v) is 3.61. The SMILES string of the molecule is O=C1c2ccccc2N[C@H](c2ccc3c(c2)OCO3)N1O. The van der Waals surface area contributed by atoms with Gasteiger partial charge in [0, 0.05) is 11.3 Å². The van der Waals surface area contributed by atoms with Gasteiger partial charge < -0.3 is 14.8 Å². The number of hydroxylamine groups is 2. The molecule has 1 atom stereocenters. The van der Waals surface area contributed by atoms with Gasteiger partial charge in [-0.15, -0.1) is 0 Å². The van der Waals surface area contributed by atoms with Gasteiger partial charge in [0.15, 0.2) is 17.7 Å². The van der Waals surface area contributed by atoms with E-state index in [1.54, 1.807) is 36.4 Å². The first-order chi connectivity index (χ1) is 10.2. The number of carbonyl (C=O) groups is 1. The highest BCUT2D eigenvalue weighted by molar-refractivity contribution is 6.01. The van der Waals surface area contributed by atoms with Crippen molar-refractivity contribution in [3.63, 3.8) is 0 Å². The van der Waals surface area contributed by atoms with Crippen molar-refractivity contribution in [3.05, 3.63) is 53.6 Å². The fourth-order valence-electron chi connectivity index (χ4n) is 2.55. The molecule has 0 aromatic heterocycles. The van der Waals surface area contributed by atoms with Crippen LogP contribution in [0.3, 0.4) is 0 Å². The maximum absolute atomic E-state index is 12.2. The number of carbonyl (C=O) groups excluding carboxylic acids is 1. The van der Waals surface area contributed by atoms with Crippen molar-refractivity contribution in [3.8, 4) is 11.5 Å². The molecule has 0 radical (unpaired) electrons. The zero-order chi connectivity index (χ0) is 14.4. The highest BCUT2D eigenvalue weighted by atomic mass is 16.7. The van der Waals surface area contributed by atoms with Crippen LogP contribution in [0, 0.1) is 0 Å². The van der Waals surface area contributed by atoms with Crippen LogP contribution in [-0.2, 0) is 0 Å². The van der Waals surface area contributed by atoms with Gasteiger partial charge >= 0.3 is 0 Å². The van der Waals surface area contributed by atoms with E-state index in [1.165, 1.54) is 0 Å². The monoisotopic (exact) mass is 284 g/mol. The van der Waals surface area contributed by atoms with E-state index < -0.39 is 12.1 Å². The predicted octanol–water partition coefficient (Wildman–Crippen LogP) is 2.37. The summed E-state index contributed by atoms with van der Waals surface area (Å²) in [6.45, 7) is 0.182. The molecule has 2 N–H and O–H groups in total. The van der Waals surface area contributed by atoms with E-state index in [4.69, 9.17) is 9.47 Å². The molecular weight excluding hydrogens is 272 g/mol. The van der Waals surface area contributed by atoms with Crippen molar-refractivity contribution in [2.45, 2.75) is 6.17 Å². The molecule has 1 amide bonds. The molecule has 0 saturated carbocycles. The van der Waals surface area contributed by atoms with Crippen LogP contribution >= 0.6 is 0 Å². The first-order valence-electron chi connectivity index (χ1n) is 6.51. The Balaban J connectivity index is 1.75. The lowest BCUT2D eigenvalue weighted by atomic mass is 10.0. The number of amides is 1. The summed E-state index contributed by atoms with van der Waals surface area (Å²) in [6.07, 6.45) is -0.665. The molecule has 0 aliphatic carbocycles. The van der Waals surface area contributed by atoms with Crippen molar-refractivity contribution in [2.75, 3.05) is 12.1 Å². The molecule has 0 bridgehead atoms. The number of nitrogens with zero attached hydrogens (tertiary/aromatic N) is 1. The number of ether oxygens (including phenoxy) is 2. The third kappa shape index (κ3) is 1.80. The van der Waals surface area contributed by atoms with Gasteiger partial charge in [0.1, 0.15) is 0 Å². The fraction of sp³-hybridized carbons (Fsp3) is 0.133. The van der Waals surface area contributed by atoms with E-state index in [-0.39, 0.29) is 6.79 Å². The summed E-state index contributed by atoms with van der Waals surface area (Å²) in [6, 6.07) is 12.4. The summed E-state index contributed by atoms with van der Waals surface area (Å²) in [4.78, 5) is 12.2. The minimum Gasteiger partial charge on any atom is -0.454 e. The Hall–Kier alpha value is -2.73. The average Bonchev–Trinajstić information content (AvgIpc) is 2.98. The van der Waals surface area contributed by atoms with Crippen molar-refractivity contribution in [2.24, 2.45) is 0 Å².